The summed E-state index contributed by atoms with van der Waals surface area (Å²) >= 11 is 8.69. The molecule has 3 N–H and O–H groups in total. The van der Waals surface area contributed by atoms with Crippen LogP contribution in [0.25, 0.3) is 0 Å². The van der Waals surface area contributed by atoms with E-state index in [0.29, 0.717) is 27.6 Å². The van der Waals surface area contributed by atoms with E-state index in [4.69, 9.17) is 21.1 Å². The molecule has 1 saturated carbocycles. The van der Waals surface area contributed by atoms with Crippen LogP contribution in [-0.2, 0) is 34.3 Å². The number of hydrogen-bond acceptors (Lipinski definition) is 8. The average molecular weight is 841 g/mol. The molecule has 5 rings (SSSR count). The molecule has 1 aliphatic carbocycles. The van der Waals surface area contributed by atoms with Crippen LogP contribution in [-0.4, -0.2) is 65.5 Å². The number of amides is 4. The van der Waals surface area contributed by atoms with Crippen LogP contribution in [0.4, 0.5) is 4.79 Å². The van der Waals surface area contributed by atoms with Gasteiger partial charge in [-0.05, 0) is 51.2 Å². The molecule has 0 saturated heterocycles. The Morgan fingerprint density at radius 2 is 1.42 bits per heavy atom. The Morgan fingerprint density at radius 1 is 0.827 bits per heavy atom. The fourth-order valence-electron chi connectivity index (χ4n) is 6.54. The molecule has 2 aliphatic rings. The number of hydrogen-bond donors (Lipinski definition) is 3. The molecule has 1 fully saturated rings. The maximum absolute atomic E-state index is 14.3. The van der Waals surface area contributed by atoms with Crippen molar-refractivity contribution in [2.75, 3.05) is 13.1 Å². The number of carbonyl (C=O) groups excluding carboxylic acids is 5. The van der Waals surface area contributed by atoms with E-state index in [9.17, 15) is 24.0 Å². The largest absolute Gasteiger partial charge is 0.444 e. The first kappa shape index (κ1) is 38.9. The maximum atomic E-state index is 14.3. The smallest absolute Gasteiger partial charge is 0.407 e. The minimum Gasteiger partial charge on any atom is -0.444 e. The number of rotatable bonds is 13. The molecule has 0 radical (unpaired) electrons. The van der Waals surface area contributed by atoms with E-state index in [0.717, 1.165) is 29.9 Å². The zero-order valence-corrected chi connectivity index (χ0v) is 32.1. The van der Waals surface area contributed by atoms with Gasteiger partial charge >= 0.3 is 12.1 Å². The Labute approximate surface area is 322 Å². The van der Waals surface area contributed by atoms with Gasteiger partial charge in [0.25, 0.3) is 11.8 Å². The Balaban J connectivity index is 1.43. The van der Waals surface area contributed by atoms with Crippen molar-refractivity contribution in [2.24, 2.45) is 0 Å². The summed E-state index contributed by atoms with van der Waals surface area (Å²) in [5.74, 6) is -2.45. The van der Waals surface area contributed by atoms with E-state index in [2.05, 4.69) is 26.3 Å². The van der Waals surface area contributed by atoms with Crippen molar-refractivity contribution >= 4 is 64.2 Å². The average Bonchev–Trinajstić information content (AvgIpc) is 3.78. The quantitative estimate of drug-likeness (QED) is 0.0619. The number of imide groups is 1. The molecular weight excluding hydrogens is 799 g/mol. The zero-order chi connectivity index (χ0) is 37.5. The minimum atomic E-state index is -1.49. The second-order valence-electron chi connectivity index (χ2n) is 13.7. The summed E-state index contributed by atoms with van der Waals surface area (Å²) in [6.07, 6.45) is 5.91. The number of carbonyl (C=O) groups is 5. The minimum absolute atomic E-state index is 0.290. The summed E-state index contributed by atoms with van der Waals surface area (Å²) in [5, 5.41) is 5.51. The number of esters is 1. The summed E-state index contributed by atoms with van der Waals surface area (Å²) in [4.78, 5) is 66.2. The Kier molecular flexibility index (Phi) is 12.8. The van der Waals surface area contributed by atoms with Crippen molar-refractivity contribution < 1.29 is 33.4 Å². The predicted molar refractivity (Wildman–Crippen MR) is 204 cm³/mol. The molecule has 3 unspecified atom stereocenters. The number of ether oxygens (including phenoxy) is 2. The molecule has 13 heteroatoms. The normalized spacial score (nSPS) is 17.0. The molecule has 11 nitrogen and oxygen atoms in total. The first-order valence-electron chi connectivity index (χ1n) is 17.1. The predicted octanol–water partition coefficient (Wildman–Crippen LogP) is 6.08. The van der Waals surface area contributed by atoms with Crippen molar-refractivity contribution in [3.8, 4) is 0 Å². The summed E-state index contributed by atoms with van der Waals surface area (Å²) in [5.41, 5.74) is 0.815. The summed E-state index contributed by atoms with van der Waals surface area (Å²) in [6, 6.07) is 22.1. The molecular formula is C39H42ClIN4O7. The number of alkyl carbamates (subject to hydrolysis) is 1. The number of halogens is 2. The highest BCUT2D eigenvalue weighted by atomic mass is 127. The Morgan fingerprint density at radius 3 is 2.02 bits per heavy atom. The van der Waals surface area contributed by atoms with E-state index >= 15 is 0 Å². The van der Waals surface area contributed by atoms with Crippen molar-refractivity contribution in [3.63, 3.8) is 0 Å². The highest BCUT2D eigenvalue weighted by molar-refractivity contribution is 14.1. The number of nitrogens with one attached hydrogen (secondary N) is 3. The van der Waals surface area contributed by atoms with Crippen molar-refractivity contribution in [3.05, 3.63) is 118 Å². The lowest BCUT2D eigenvalue weighted by atomic mass is 9.79. The van der Waals surface area contributed by atoms with Crippen molar-refractivity contribution in [2.45, 2.75) is 75.7 Å². The highest BCUT2D eigenvalue weighted by Gasteiger charge is 2.44. The van der Waals surface area contributed by atoms with Crippen LogP contribution < -0.4 is 14.2 Å². The van der Waals surface area contributed by atoms with E-state index in [1.807, 2.05) is 77.5 Å². The molecule has 274 valence electrons. The molecule has 3 aromatic carbocycles. The lowest BCUT2D eigenvalue weighted by molar-refractivity contribution is -0.155. The van der Waals surface area contributed by atoms with Crippen molar-refractivity contribution in [1.82, 2.24) is 19.1 Å². The number of benzene rings is 3. The molecule has 0 aromatic heterocycles. The number of nitrogens with zero attached hydrogens (tertiary/aromatic N) is 1. The van der Waals surface area contributed by atoms with Gasteiger partial charge in [0.2, 0.25) is 5.91 Å². The second-order valence-corrected chi connectivity index (χ2v) is 14.8. The van der Waals surface area contributed by atoms with Crippen LogP contribution in [0.2, 0.25) is 5.02 Å². The van der Waals surface area contributed by atoms with Crippen LogP contribution in [0.3, 0.4) is 0 Å². The van der Waals surface area contributed by atoms with E-state index < -0.39 is 59.6 Å². The fourth-order valence-corrected chi connectivity index (χ4v) is 7.29. The molecule has 52 heavy (non-hydrogen) atoms. The first-order valence-corrected chi connectivity index (χ1v) is 18.6. The summed E-state index contributed by atoms with van der Waals surface area (Å²) in [7, 11) is 0. The van der Waals surface area contributed by atoms with Gasteiger partial charge in [-0.15, -0.1) is 0 Å². The van der Waals surface area contributed by atoms with Gasteiger partial charge < -0.3 is 20.1 Å². The summed E-state index contributed by atoms with van der Waals surface area (Å²) in [6.45, 7) is 4.31. The molecule has 4 amide bonds. The molecule has 1 heterocycles. The van der Waals surface area contributed by atoms with Gasteiger partial charge in [-0.1, -0.05) is 97.2 Å². The third kappa shape index (κ3) is 9.02. The molecule has 1 aliphatic heterocycles. The van der Waals surface area contributed by atoms with E-state index in [1.165, 1.54) is 18.4 Å². The van der Waals surface area contributed by atoms with E-state index in [1.54, 1.807) is 32.9 Å². The highest BCUT2D eigenvalue weighted by Crippen LogP contribution is 2.44. The molecule has 0 spiro atoms. The van der Waals surface area contributed by atoms with E-state index in [-0.39, 0.29) is 6.54 Å². The maximum Gasteiger partial charge on any atom is 0.407 e. The Hall–Kier alpha value is -4.27. The third-order valence-corrected chi connectivity index (χ3v) is 10.1. The molecule has 0 bridgehead atoms. The zero-order valence-electron chi connectivity index (χ0n) is 29.2. The topological polar surface area (TPSA) is 143 Å². The van der Waals surface area contributed by atoms with Gasteiger partial charge in [0.05, 0.1) is 6.54 Å². The van der Waals surface area contributed by atoms with Crippen LogP contribution in [0, 0.1) is 0 Å². The Bertz CT molecular complexity index is 1790. The molecule has 3 atom stereocenters. The second kappa shape index (κ2) is 17.0. The standard InChI is InChI=1S/C39H42ClIN4O7/c1-38(2,3)52-37(50)43-24-32(45-33(46)21-22-34(45)47)35(48)42-23-31(44-41)36(49)51-39(27-13-5-4-6-14-27,29-15-9-10-16-30(29)40)28-19-17-26(18-20-28)25-11-7-8-12-25/h4-6,9-10,13-22,25,31-32,44H,7-8,11-12,23-24H2,1-3H3,(H,42,48)(H,43,50). The van der Waals surface area contributed by atoms with Gasteiger partial charge in [0.15, 0.2) is 5.60 Å². The first-order chi connectivity index (χ1) is 24.8. The SMILES string of the molecule is CC(C)(C)OC(=O)NCC(C(=O)NCC(NI)C(=O)OC(c1ccccc1)(c1ccc(C2CCCC2)cc1)c1ccccc1Cl)N1C(=O)C=CC1=O. The lowest BCUT2D eigenvalue weighted by Gasteiger charge is -2.37. The van der Waals surface area contributed by atoms with Gasteiger partial charge in [0.1, 0.15) is 17.7 Å². The monoisotopic (exact) mass is 840 g/mol. The van der Waals surface area contributed by atoms with Gasteiger partial charge in [-0.25, -0.2) is 8.32 Å². The third-order valence-electron chi connectivity index (χ3n) is 9.02. The van der Waals surface area contributed by atoms with Crippen LogP contribution in [0.1, 0.15) is 74.6 Å². The summed E-state index contributed by atoms with van der Waals surface area (Å²) < 4.78 is 14.8. The molecule has 3 aromatic rings. The van der Waals surface area contributed by atoms with Gasteiger partial charge in [0, 0.05) is 63.3 Å². The van der Waals surface area contributed by atoms with Crippen LogP contribution in [0.5, 0.6) is 0 Å². The van der Waals surface area contributed by atoms with Crippen molar-refractivity contribution in [1.29, 1.82) is 0 Å². The van der Waals surface area contributed by atoms with Crippen LogP contribution >= 0.6 is 34.5 Å². The fraction of sp³-hybridized carbons (Fsp3) is 0.359. The van der Waals surface area contributed by atoms with Gasteiger partial charge in [-0.3, -0.25) is 24.1 Å². The van der Waals surface area contributed by atoms with Crippen LogP contribution in [0.15, 0.2) is 91.0 Å². The lowest BCUT2D eigenvalue weighted by Crippen LogP contribution is -2.57. The van der Waals surface area contributed by atoms with Gasteiger partial charge in [-0.2, -0.15) is 0 Å².